The third-order valence-corrected chi connectivity index (χ3v) is 3.84. The van der Waals surface area contributed by atoms with Gasteiger partial charge in [-0.05, 0) is 32.1 Å². The van der Waals surface area contributed by atoms with Gasteiger partial charge in [0.15, 0.2) is 5.96 Å². The Bertz CT molecular complexity index is 284. The van der Waals surface area contributed by atoms with E-state index in [1.54, 1.807) is 0 Å². The SMILES string of the molecule is CCNC(=NCC1(O)CCCC1)NC1CC1C. The maximum Gasteiger partial charge on any atom is 0.191 e. The zero-order chi connectivity index (χ0) is 12.3. The van der Waals surface area contributed by atoms with Gasteiger partial charge < -0.3 is 15.7 Å². The lowest BCUT2D eigenvalue weighted by Gasteiger charge is -2.20. The van der Waals surface area contributed by atoms with Crippen LogP contribution in [0.1, 0.15) is 46.0 Å². The number of rotatable bonds is 4. The second kappa shape index (κ2) is 5.25. The van der Waals surface area contributed by atoms with Crippen LogP contribution in [-0.4, -0.2) is 35.8 Å². The molecule has 2 atom stereocenters. The highest BCUT2D eigenvalue weighted by atomic mass is 16.3. The molecule has 0 heterocycles. The molecular weight excluding hydrogens is 214 g/mol. The molecule has 2 fully saturated rings. The molecule has 0 spiro atoms. The molecule has 0 amide bonds. The van der Waals surface area contributed by atoms with Gasteiger partial charge in [-0.3, -0.25) is 4.99 Å². The molecule has 2 rings (SSSR count). The zero-order valence-corrected chi connectivity index (χ0v) is 11.0. The molecule has 0 aliphatic heterocycles. The molecule has 3 N–H and O–H groups in total. The van der Waals surface area contributed by atoms with Crippen LogP contribution in [0.4, 0.5) is 0 Å². The van der Waals surface area contributed by atoms with E-state index in [4.69, 9.17) is 0 Å². The van der Waals surface area contributed by atoms with Gasteiger partial charge in [-0.1, -0.05) is 19.8 Å². The van der Waals surface area contributed by atoms with Crippen molar-refractivity contribution in [1.82, 2.24) is 10.6 Å². The number of guanidine groups is 1. The van der Waals surface area contributed by atoms with Crippen molar-refractivity contribution in [2.75, 3.05) is 13.1 Å². The Morgan fingerprint density at radius 3 is 2.59 bits per heavy atom. The predicted octanol–water partition coefficient (Wildman–Crippen LogP) is 1.25. The van der Waals surface area contributed by atoms with E-state index >= 15 is 0 Å². The van der Waals surface area contributed by atoms with Gasteiger partial charge in [-0.2, -0.15) is 0 Å². The van der Waals surface area contributed by atoms with Gasteiger partial charge in [0.1, 0.15) is 0 Å². The van der Waals surface area contributed by atoms with Crippen LogP contribution < -0.4 is 10.6 Å². The van der Waals surface area contributed by atoms with E-state index in [9.17, 15) is 5.11 Å². The van der Waals surface area contributed by atoms with Crippen molar-refractivity contribution >= 4 is 5.96 Å². The van der Waals surface area contributed by atoms with Crippen LogP contribution in [0.15, 0.2) is 4.99 Å². The summed E-state index contributed by atoms with van der Waals surface area (Å²) in [6.07, 6.45) is 5.30. The second-order valence-electron chi connectivity index (χ2n) is 5.59. The maximum atomic E-state index is 10.2. The fraction of sp³-hybridized carbons (Fsp3) is 0.923. The Morgan fingerprint density at radius 1 is 1.41 bits per heavy atom. The van der Waals surface area contributed by atoms with Gasteiger partial charge >= 0.3 is 0 Å². The van der Waals surface area contributed by atoms with Gasteiger partial charge in [-0.25, -0.2) is 0 Å². The Hall–Kier alpha value is -0.770. The van der Waals surface area contributed by atoms with E-state index in [1.807, 2.05) is 0 Å². The molecule has 17 heavy (non-hydrogen) atoms. The van der Waals surface area contributed by atoms with Crippen LogP contribution in [0.25, 0.3) is 0 Å². The molecule has 0 aromatic carbocycles. The van der Waals surface area contributed by atoms with Crippen molar-refractivity contribution in [3.8, 4) is 0 Å². The number of nitrogens with one attached hydrogen (secondary N) is 2. The van der Waals surface area contributed by atoms with Gasteiger partial charge in [0.25, 0.3) is 0 Å². The van der Waals surface area contributed by atoms with Gasteiger partial charge in [-0.15, -0.1) is 0 Å². The molecule has 0 bridgehead atoms. The van der Waals surface area contributed by atoms with Gasteiger partial charge in [0.2, 0.25) is 0 Å². The predicted molar refractivity (Wildman–Crippen MR) is 70.1 cm³/mol. The molecule has 98 valence electrons. The van der Waals surface area contributed by atoms with Crippen molar-refractivity contribution in [2.45, 2.75) is 57.6 Å². The third kappa shape index (κ3) is 3.60. The first kappa shape index (κ1) is 12.7. The van der Waals surface area contributed by atoms with E-state index in [-0.39, 0.29) is 0 Å². The van der Waals surface area contributed by atoms with Crippen LogP contribution in [0.3, 0.4) is 0 Å². The summed E-state index contributed by atoms with van der Waals surface area (Å²) in [5.74, 6) is 1.62. The van der Waals surface area contributed by atoms with E-state index < -0.39 is 5.60 Å². The minimum Gasteiger partial charge on any atom is -0.388 e. The molecule has 2 aliphatic carbocycles. The molecule has 4 heteroatoms. The monoisotopic (exact) mass is 239 g/mol. The number of nitrogens with zero attached hydrogens (tertiary/aromatic N) is 1. The molecule has 2 unspecified atom stereocenters. The van der Waals surface area contributed by atoms with E-state index in [2.05, 4.69) is 29.5 Å². The standard InChI is InChI=1S/C13H25N3O/c1-3-14-12(16-11-8-10(11)2)15-9-13(17)6-4-5-7-13/h10-11,17H,3-9H2,1-2H3,(H2,14,15,16). The van der Waals surface area contributed by atoms with Crippen LogP contribution >= 0.6 is 0 Å². The van der Waals surface area contributed by atoms with E-state index in [0.29, 0.717) is 12.6 Å². The number of hydrogen-bond donors (Lipinski definition) is 3. The summed E-state index contributed by atoms with van der Waals surface area (Å²) < 4.78 is 0. The first-order valence-corrected chi connectivity index (χ1v) is 6.90. The van der Waals surface area contributed by atoms with Crippen molar-refractivity contribution in [2.24, 2.45) is 10.9 Å². The number of hydrogen-bond acceptors (Lipinski definition) is 2. The van der Waals surface area contributed by atoms with Crippen molar-refractivity contribution in [3.63, 3.8) is 0 Å². The summed E-state index contributed by atoms with van der Waals surface area (Å²) in [5.41, 5.74) is -0.544. The first-order valence-electron chi connectivity index (χ1n) is 6.90. The average Bonchev–Trinajstić information content (AvgIpc) is 2.80. The van der Waals surface area contributed by atoms with E-state index in [1.165, 1.54) is 6.42 Å². The smallest absolute Gasteiger partial charge is 0.191 e. The Kier molecular flexibility index (Phi) is 3.92. The van der Waals surface area contributed by atoms with Gasteiger partial charge in [0.05, 0.1) is 12.1 Å². The second-order valence-corrected chi connectivity index (χ2v) is 5.59. The lowest BCUT2D eigenvalue weighted by molar-refractivity contribution is 0.0574. The van der Waals surface area contributed by atoms with E-state index in [0.717, 1.165) is 44.1 Å². The fourth-order valence-electron chi connectivity index (χ4n) is 2.44. The number of aliphatic hydroxyl groups is 1. The Labute approximate surface area is 104 Å². The Balaban J connectivity index is 1.85. The largest absolute Gasteiger partial charge is 0.388 e. The highest BCUT2D eigenvalue weighted by molar-refractivity contribution is 5.80. The topological polar surface area (TPSA) is 56.7 Å². The average molecular weight is 239 g/mol. The summed E-state index contributed by atoms with van der Waals surface area (Å²) >= 11 is 0. The summed E-state index contributed by atoms with van der Waals surface area (Å²) in [5, 5.41) is 16.9. The minimum atomic E-state index is -0.544. The molecule has 0 saturated heterocycles. The molecule has 2 aliphatic rings. The zero-order valence-electron chi connectivity index (χ0n) is 11.0. The van der Waals surface area contributed by atoms with Gasteiger partial charge in [0, 0.05) is 12.6 Å². The van der Waals surface area contributed by atoms with Crippen LogP contribution in [0.5, 0.6) is 0 Å². The molecule has 4 nitrogen and oxygen atoms in total. The van der Waals surface area contributed by atoms with Crippen LogP contribution in [0.2, 0.25) is 0 Å². The quantitative estimate of drug-likeness (QED) is 0.511. The fourth-order valence-corrected chi connectivity index (χ4v) is 2.44. The van der Waals surface area contributed by atoms with Crippen molar-refractivity contribution in [1.29, 1.82) is 0 Å². The third-order valence-electron chi connectivity index (χ3n) is 3.84. The summed E-state index contributed by atoms with van der Waals surface area (Å²) in [6, 6.07) is 0.575. The van der Waals surface area contributed by atoms with Crippen molar-refractivity contribution in [3.05, 3.63) is 0 Å². The molecular formula is C13H25N3O. The molecule has 2 saturated carbocycles. The normalized spacial score (nSPS) is 31.4. The van der Waals surface area contributed by atoms with Crippen LogP contribution in [0, 0.1) is 5.92 Å². The van der Waals surface area contributed by atoms with Crippen molar-refractivity contribution < 1.29 is 5.11 Å². The number of aliphatic imine (C=N–C) groups is 1. The highest BCUT2D eigenvalue weighted by Gasteiger charge is 2.34. The summed E-state index contributed by atoms with van der Waals surface area (Å²) in [7, 11) is 0. The minimum absolute atomic E-state index is 0.531. The van der Waals surface area contributed by atoms with Crippen LogP contribution in [-0.2, 0) is 0 Å². The summed E-state index contributed by atoms with van der Waals surface area (Å²) in [4.78, 5) is 4.53. The Morgan fingerprint density at radius 2 is 2.06 bits per heavy atom. The first-order chi connectivity index (χ1) is 8.13. The molecule has 0 radical (unpaired) electrons. The molecule has 0 aromatic heterocycles. The lowest BCUT2D eigenvalue weighted by atomic mass is 10.0. The summed E-state index contributed by atoms with van der Waals surface area (Å²) in [6.45, 7) is 5.71. The maximum absolute atomic E-state index is 10.2. The lowest BCUT2D eigenvalue weighted by Crippen LogP contribution is -2.40. The highest BCUT2D eigenvalue weighted by Crippen LogP contribution is 2.30. The molecule has 0 aromatic rings.